The Morgan fingerprint density at radius 3 is 3.12 bits per heavy atom. The monoisotopic (exact) mass is 333 g/mol. The van der Waals surface area contributed by atoms with E-state index in [0.717, 1.165) is 13.0 Å². The normalized spacial score (nSPS) is 17.2. The maximum Gasteiger partial charge on any atom is 0.274 e. The van der Waals surface area contributed by atoms with Gasteiger partial charge in [-0.2, -0.15) is 5.10 Å². The van der Waals surface area contributed by atoms with E-state index in [1.54, 1.807) is 30.2 Å². The Hall–Kier alpha value is -2.41. The average Bonchev–Trinajstić information content (AvgIpc) is 3.22. The molecule has 0 saturated carbocycles. The predicted molar refractivity (Wildman–Crippen MR) is 85.2 cm³/mol. The van der Waals surface area contributed by atoms with Crippen LogP contribution in [0.2, 0.25) is 0 Å². The summed E-state index contributed by atoms with van der Waals surface area (Å²) in [7, 11) is 1.67. The molecule has 0 radical (unpaired) electrons. The first-order chi connectivity index (χ1) is 11.7. The molecule has 0 spiro atoms. The van der Waals surface area contributed by atoms with Crippen LogP contribution in [0.5, 0.6) is 5.75 Å². The largest absolute Gasteiger partial charge is 0.487 e. The number of aromatic amines is 1. The first-order valence-electron chi connectivity index (χ1n) is 7.86. The third-order valence-electron chi connectivity index (χ3n) is 4.02. The molecule has 7 heteroatoms. The number of benzene rings is 1. The molecule has 1 aliphatic rings. The third-order valence-corrected chi connectivity index (χ3v) is 4.02. The number of aromatic nitrogens is 2. The minimum atomic E-state index is -0.354. The summed E-state index contributed by atoms with van der Waals surface area (Å²) in [5, 5.41) is 6.85. The molecule has 1 aromatic heterocycles. The van der Waals surface area contributed by atoms with Crippen molar-refractivity contribution in [3.8, 4) is 5.75 Å². The summed E-state index contributed by atoms with van der Waals surface area (Å²) in [5.41, 5.74) is 1.03. The van der Waals surface area contributed by atoms with Crippen molar-refractivity contribution in [1.29, 1.82) is 0 Å². The van der Waals surface area contributed by atoms with Crippen molar-refractivity contribution in [2.24, 2.45) is 5.92 Å². The fourth-order valence-electron chi connectivity index (χ4n) is 2.81. The Kier molecular flexibility index (Phi) is 5.10. The van der Waals surface area contributed by atoms with Gasteiger partial charge in [-0.05, 0) is 24.6 Å². The standard InChI is InChI=1S/C17H20FN3O3/c1-23-10-12-5-6-21(9-12)17(22)16-8-14(19-20-16)11-24-15-4-2-3-13(18)7-15/h2-4,7-8,12H,5-6,9-11H2,1H3,(H,19,20). The van der Waals surface area contributed by atoms with Crippen LogP contribution < -0.4 is 4.74 Å². The first kappa shape index (κ1) is 16.4. The van der Waals surface area contributed by atoms with E-state index in [0.29, 0.717) is 36.2 Å². The quantitative estimate of drug-likeness (QED) is 0.880. The van der Waals surface area contributed by atoms with Crippen LogP contribution in [0.4, 0.5) is 4.39 Å². The zero-order valence-electron chi connectivity index (χ0n) is 13.5. The van der Waals surface area contributed by atoms with Gasteiger partial charge in [-0.3, -0.25) is 9.89 Å². The summed E-state index contributed by atoms with van der Waals surface area (Å²) < 4.78 is 23.7. The Labute approximate surface area is 139 Å². The van der Waals surface area contributed by atoms with Crippen molar-refractivity contribution in [2.45, 2.75) is 13.0 Å². The number of likely N-dealkylation sites (tertiary alicyclic amines) is 1. The van der Waals surface area contributed by atoms with Crippen LogP contribution in [0, 0.1) is 11.7 Å². The molecule has 1 aliphatic heterocycles. The number of carbonyl (C=O) groups is 1. The first-order valence-corrected chi connectivity index (χ1v) is 7.86. The lowest BCUT2D eigenvalue weighted by Crippen LogP contribution is -2.29. The molecular formula is C17H20FN3O3. The molecule has 1 atom stereocenters. The second-order valence-corrected chi connectivity index (χ2v) is 5.89. The fourth-order valence-corrected chi connectivity index (χ4v) is 2.81. The number of H-pyrrole nitrogens is 1. The zero-order chi connectivity index (χ0) is 16.9. The number of hydrogen-bond acceptors (Lipinski definition) is 4. The number of rotatable bonds is 6. The second kappa shape index (κ2) is 7.44. The van der Waals surface area contributed by atoms with Crippen LogP contribution in [0.15, 0.2) is 30.3 Å². The fraction of sp³-hybridized carbons (Fsp3) is 0.412. The SMILES string of the molecule is COCC1CCN(C(=O)c2cc(COc3cccc(F)c3)[nH]n2)C1. The highest BCUT2D eigenvalue weighted by Gasteiger charge is 2.28. The highest BCUT2D eigenvalue weighted by Crippen LogP contribution is 2.19. The maximum absolute atomic E-state index is 13.1. The summed E-state index contributed by atoms with van der Waals surface area (Å²) in [5.74, 6) is 0.364. The lowest BCUT2D eigenvalue weighted by molar-refractivity contribution is 0.0769. The summed E-state index contributed by atoms with van der Waals surface area (Å²) in [6.45, 7) is 2.26. The number of nitrogens with one attached hydrogen (secondary N) is 1. The number of methoxy groups -OCH3 is 1. The van der Waals surface area contributed by atoms with Gasteiger partial charge in [0, 0.05) is 32.2 Å². The van der Waals surface area contributed by atoms with E-state index < -0.39 is 0 Å². The van der Waals surface area contributed by atoms with Crippen molar-refractivity contribution in [3.05, 3.63) is 47.5 Å². The van der Waals surface area contributed by atoms with E-state index in [9.17, 15) is 9.18 Å². The van der Waals surface area contributed by atoms with E-state index in [1.165, 1.54) is 12.1 Å². The van der Waals surface area contributed by atoms with Gasteiger partial charge in [0.15, 0.2) is 5.69 Å². The van der Waals surface area contributed by atoms with E-state index in [2.05, 4.69) is 10.2 Å². The molecule has 0 bridgehead atoms. The molecule has 1 fully saturated rings. The van der Waals surface area contributed by atoms with Crippen molar-refractivity contribution < 1.29 is 18.7 Å². The van der Waals surface area contributed by atoms with Crippen LogP contribution in [-0.2, 0) is 11.3 Å². The molecule has 1 amide bonds. The molecule has 2 heterocycles. The van der Waals surface area contributed by atoms with Gasteiger partial charge in [-0.15, -0.1) is 0 Å². The van der Waals surface area contributed by atoms with E-state index in [4.69, 9.17) is 9.47 Å². The lowest BCUT2D eigenvalue weighted by atomic mass is 10.1. The number of hydrogen-bond donors (Lipinski definition) is 1. The number of amides is 1. The minimum Gasteiger partial charge on any atom is -0.487 e. The predicted octanol–water partition coefficient (Wildman–Crippen LogP) is 2.24. The van der Waals surface area contributed by atoms with Gasteiger partial charge in [0.05, 0.1) is 12.3 Å². The van der Waals surface area contributed by atoms with Gasteiger partial charge in [0.1, 0.15) is 18.2 Å². The second-order valence-electron chi connectivity index (χ2n) is 5.89. The van der Waals surface area contributed by atoms with Crippen LogP contribution in [0.1, 0.15) is 22.6 Å². The van der Waals surface area contributed by atoms with E-state index in [-0.39, 0.29) is 18.3 Å². The molecule has 3 rings (SSSR count). The molecule has 24 heavy (non-hydrogen) atoms. The van der Waals surface area contributed by atoms with Crippen LogP contribution in [0.3, 0.4) is 0 Å². The van der Waals surface area contributed by atoms with Crippen LogP contribution >= 0.6 is 0 Å². The molecule has 2 aromatic rings. The number of halogens is 1. The van der Waals surface area contributed by atoms with Crippen molar-refractivity contribution in [2.75, 3.05) is 26.8 Å². The van der Waals surface area contributed by atoms with Gasteiger partial charge < -0.3 is 14.4 Å². The smallest absolute Gasteiger partial charge is 0.274 e. The maximum atomic E-state index is 13.1. The molecule has 0 aliphatic carbocycles. The molecule has 1 unspecified atom stereocenters. The van der Waals surface area contributed by atoms with Crippen molar-refractivity contribution in [1.82, 2.24) is 15.1 Å². The lowest BCUT2D eigenvalue weighted by Gasteiger charge is -2.14. The molecule has 128 valence electrons. The van der Waals surface area contributed by atoms with Crippen LogP contribution in [-0.4, -0.2) is 47.8 Å². The summed E-state index contributed by atoms with van der Waals surface area (Å²) in [4.78, 5) is 14.2. The third kappa shape index (κ3) is 3.91. The highest BCUT2D eigenvalue weighted by atomic mass is 19.1. The number of carbonyl (C=O) groups excluding carboxylic acids is 1. The van der Waals surface area contributed by atoms with Crippen molar-refractivity contribution in [3.63, 3.8) is 0 Å². The van der Waals surface area contributed by atoms with Crippen molar-refractivity contribution >= 4 is 5.91 Å². The topological polar surface area (TPSA) is 67.4 Å². The molecule has 6 nitrogen and oxygen atoms in total. The summed E-state index contributed by atoms with van der Waals surface area (Å²) in [6, 6.07) is 7.59. The van der Waals surface area contributed by atoms with Gasteiger partial charge in [-0.1, -0.05) is 6.07 Å². The minimum absolute atomic E-state index is 0.0955. The Bertz CT molecular complexity index is 704. The molecular weight excluding hydrogens is 313 g/mol. The van der Waals surface area contributed by atoms with Gasteiger partial charge in [0.2, 0.25) is 0 Å². The van der Waals surface area contributed by atoms with E-state index >= 15 is 0 Å². The summed E-state index contributed by atoms with van der Waals surface area (Å²) in [6.07, 6.45) is 0.944. The Morgan fingerprint density at radius 2 is 2.33 bits per heavy atom. The summed E-state index contributed by atoms with van der Waals surface area (Å²) >= 11 is 0. The Morgan fingerprint density at radius 1 is 1.46 bits per heavy atom. The average molecular weight is 333 g/mol. The molecule has 1 aromatic carbocycles. The Balaban J connectivity index is 1.56. The van der Waals surface area contributed by atoms with Gasteiger partial charge in [0.25, 0.3) is 5.91 Å². The number of ether oxygens (including phenoxy) is 2. The van der Waals surface area contributed by atoms with Gasteiger partial charge in [-0.25, -0.2) is 4.39 Å². The molecule has 1 saturated heterocycles. The zero-order valence-corrected chi connectivity index (χ0v) is 13.5. The van der Waals surface area contributed by atoms with E-state index in [1.807, 2.05) is 0 Å². The van der Waals surface area contributed by atoms with Crippen LogP contribution in [0.25, 0.3) is 0 Å². The number of nitrogens with zero attached hydrogens (tertiary/aromatic N) is 2. The van der Waals surface area contributed by atoms with Gasteiger partial charge >= 0.3 is 0 Å². The molecule has 1 N–H and O–H groups in total. The highest BCUT2D eigenvalue weighted by molar-refractivity contribution is 5.92.